The highest BCUT2D eigenvalue weighted by atomic mass is 35.5. The number of amides is 1. The maximum absolute atomic E-state index is 12.9. The molecule has 0 saturated heterocycles. The number of hydrogen-bond acceptors (Lipinski definition) is 3. The van der Waals surface area contributed by atoms with Crippen LogP contribution < -0.4 is 10.1 Å². The molecule has 158 valence electrons. The van der Waals surface area contributed by atoms with E-state index in [2.05, 4.69) is 15.3 Å². The highest BCUT2D eigenvalue weighted by Crippen LogP contribution is 2.38. The molecule has 1 atom stereocenters. The predicted octanol–water partition coefficient (Wildman–Crippen LogP) is 5.11. The highest BCUT2D eigenvalue weighted by molar-refractivity contribution is 6.31. The molecule has 6 heteroatoms. The Bertz CT molecular complexity index is 1170. The number of carbonyl (C=O) groups is 1. The Morgan fingerprint density at radius 3 is 2.77 bits per heavy atom. The van der Waals surface area contributed by atoms with Gasteiger partial charge in [0.25, 0.3) is 0 Å². The lowest BCUT2D eigenvalue weighted by molar-refractivity contribution is -0.121. The number of methoxy groups -OCH3 is 1. The monoisotopic (exact) mass is 433 g/mol. The molecule has 0 spiro atoms. The number of nitrogens with zero attached hydrogens (tertiary/aromatic N) is 1. The van der Waals surface area contributed by atoms with Gasteiger partial charge in [0.15, 0.2) is 0 Å². The largest absolute Gasteiger partial charge is 0.496 e. The van der Waals surface area contributed by atoms with Crippen molar-refractivity contribution in [2.24, 2.45) is 0 Å². The third kappa shape index (κ3) is 4.89. The Hall–Kier alpha value is -3.31. The minimum atomic E-state index is -0.182. The van der Waals surface area contributed by atoms with E-state index in [0.717, 1.165) is 33.5 Å². The summed E-state index contributed by atoms with van der Waals surface area (Å²) in [5.74, 6) is 0.548. The number of aromatic nitrogens is 2. The lowest BCUT2D eigenvalue weighted by Crippen LogP contribution is -2.27. The fourth-order valence-corrected chi connectivity index (χ4v) is 4.05. The third-order valence-electron chi connectivity index (χ3n) is 5.38. The molecule has 1 unspecified atom stereocenters. The Morgan fingerprint density at radius 2 is 1.97 bits per heavy atom. The van der Waals surface area contributed by atoms with Crippen LogP contribution in [-0.4, -0.2) is 29.5 Å². The van der Waals surface area contributed by atoms with E-state index in [1.54, 1.807) is 13.3 Å². The van der Waals surface area contributed by atoms with Crippen molar-refractivity contribution in [2.75, 3.05) is 13.7 Å². The van der Waals surface area contributed by atoms with E-state index in [4.69, 9.17) is 16.3 Å². The van der Waals surface area contributed by atoms with Gasteiger partial charge in [-0.15, -0.1) is 0 Å². The fourth-order valence-electron chi connectivity index (χ4n) is 3.88. The first-order valence-corrected chi connectivity index (χ1v) is 10.6. The maximum Gasteiger partial charge on any atom is 0.220 e. The van der Waals surface area contributed by atoms with Gasteiger partial charge in [0.05, 0.1) is 7.11 Å². The second-order valence-electron chi connectivity index (χ2n) is 7.35. The van der Waals surface area contributed by atoms with Crippen LogP contribution in [0.4, 0.5) is 0 Å². The first-order valence-electron chi connectivity index (χ1n) is 10.2. The van der Waals surface area contributed by atoms with Crippen molar-refractivity contribution in [1.82, 2.24) is 15.3 Å². The van der Waals surface area contributed by atoms with Gasteiger partial charge in [-0.1, -0.05) is 35.9 Å². The van der Waals surface area contributed by atoms with Crippen molar-refractivity contribution >= 4 is 28.4 Å². The zero-order valence-electron chi connectivity index (χ0n) is 17.3. The zero-order valence-corrected chi connectivity index (χ0v) is 18.0. The molecule has 0 fully saturated rings. The maximum atomic E-state index is 12.9. The molecule has 0 aliphatic rings. The lowest BCUT2D eigenvalue weighted by Gasteiger charge is -2.20. The van der Waals surface area contributed by atoms with Crippen molar-refractivity contribution in [2.45, 2.75) is 18.8 Å². The predicted molar refractivity (Wildman–Crippen MR) is 124 cm³/mol. The summed E-state index contributed by atoms with van der Waals surface area (Å²) in [5.41, 5.74) is 3.91. The van der Waals surface area contributed by atoms with E-state index >= 15 is 0 Å². The number of ether oxygens (including phenoxy) is 1. The quantitative estimate of drug-likeness (QED) is 0.406. The number of H-pyrrole nitrogens is 1. The molecule has 2 heterocycles. The molecular formula is C25H24ClN3O2. The molecule has 4 aromatic rings. The van der Waals surface area contributed by atoms with Gasteiger partial charge in [0, 0.05) is 64.9 Å². The van der Waals surface area contributed by atoms with Crippen LogP contribution in [0.1, 0.15) is 29.2 Å². The van der Waals surface area contributed by atoms with E-state index < -0.39 is 0 Å². The molecule has 0 aliphatic carbocycles. The number of para-hydroxylation sites is 1. The molecular weight excluding hydrogens is 410 g/mol. The third-order valence-corrected chi connectivity index (χ3v) is 5.62. The Morgan fingerprint density at radius 1 is 1.13 bits per heavy atom. The molecule has 0 aliphatic heterocycles. The number of rotatable bonds is 8. The summed E-state index contributed by atoms with van der Waals surface area (Å²) in [6.45, 7) is 0.536. The number of halogens is 1. The molecule has 4 rings (SSSR count). The molecule has 2 aromatic carbocycles. The smallest absolute Gasteiger partial charge is 0.220 e. The van der Waals surface area contributed by atoms with Crippen LogP contribution >= 0.6 is 11.6 Å². The number of aromatic amines is 1. The van der Waals surface area contributed by atoms with Crippen molar-refractivity contribution in [3.05, 3.63) is 94.9 Å². The standard InChI is InChI=1S/C25H24ClN3O2/c1-31-24-8-3-2-7-19(24)20(22-16-29-23-10-9-17(26)14-21(22)23)15-25(30)28-13-11-18-6-4-5-12-27-18/h2-10,12,14,16,20,29H,11,13,15H2,1H3,(H,28,30). The van der Waals surface area contributed by atoms with E-state index in [0.29, 0.717) is 24.4 Å². The van der Waals surface area contributed by atoms with Crippen LogP contribution in [0.15, 0.2) is 73.1 Å². The van der Waals surface area contributed by atoms with Gasteiger partial charge in [-0.05, 0) is 42.0 Å². The summed E-state index contributed by atoms with van der Waals surface area (Å²) in [6.07, 6.45) is 4.70. The van der Waals surface area contributed by atoms with Crippen LogP contribution in [0, 0.1) is 0 Å². The molecule has 0 bridgehead atoms. The Labute approximate surface area is 186 Å². The molecule has 31 heavy (non-hydrogen) atoms. The molecule has 2 N–H and O–H groups in total. The molecule has 0 saturated carbocycles. The average Bonchev–Trinajstić information content (AvgIpc) is 3.21. The highest BCUT2D eigenvalue weighted by Gasteiger charge is 2.24. The van der Waals surface area contributed by atoms with E-state index in [9.17, 15) is 4.79 Å². The number of benzene rings is 2. The zero-order chi connectivity index (χ0) is 21.6. The minimum absolute atomic E-state index is 0.0248. The van der Waals surface area contributed by atoms with Crippen LogP contribution in [0.2, 0.25) is 5.02 Å². The van der Waals surface area contributed by atoms with Crippen molar-refractivity contribution in [3.63, 3.8) is 0 Å². The summed E-state index contributed by atoms with van der Waals surface area (Å²) in [6, 6.07) is 19.3. The first kappa shape index (κ1) is 20.9. The van der Waals surface area contributed by atoms with Crippen LogP contribution in [0.25, 0.3) is 10.9 Å². The summed E-state index contributed by atoms with van der Waals surface area (Å²) in [4.78, 5) is 20.5. The van der Waals surface area contributed by atoms with Crippen LogP contribution in [0.3, 0.4) is 0 Å². The fraction of sp³-hybridized carbons (Fsp3) is 0.200. The second-order valence-corrected chi connectivity index (χ2v) is 7.79. The number of hydrogen-bond donors (Lipinski definition) is 2. The van der Waals surface area contributed by atoms with Crippen molar-refractivity contribution < 1.29 is 9.53 Å². The van der Waals surface area contributed by atoms with Gasteiger partial charge >= 0.3 is 0 Å². The SMILES string of the molecule is COc1ccccc1C(CC(=O)NCCc1ccccn1)c1c[nH]c2ccc(Cl)cc12. The normalized spacial score (nSPS) is 11.9. The molecule has 5 nitrogen and oxygen atoms in total. The van der Waals surface area contributed by atoms with Crippen molar-refractivity contribution in [3.8, 4) is 5.75 Å². The van der Waals surface area contributed by atoms with Gasteiger partial charge in [0.2, 0.25) is 5.91 Å². The summed E-state index contributed by atoms with van der Waals surface area (Å²) < 4.78 is 5.60. The van der Waals surface area contributed by atoms with Gasteiger partial charge < -0.3 is 15.0 Å². The van der Waals surface area contributed by atoms with E-state index in [1.165, 1.54) is 0 Å². The van der Waals surface area contributed by atoms with Gasteiger partial charge in [-0.25, -0.2) is 0 Å². The number of fused-ring (bicyclic) bond motifs is 1. The Balaban J connectivity index is 1.59. The molecule has 1 amide bonds. The second kappa shape index (κ2) is 9.67. The van der Waals surface area contributed by atoms with Gasteiger partial charge in [0.1, 0.15) is 5.75 Å². The summed E-state index contributed by atoms with van der Waals surface area (Å²) >= 11 is 6.27. The average molecular weight is 434 g/mol. The van der Waals surface area contributed by atoms with Gasteiger partial charge in [-0.3, -0.25) is 9.78 Å². The van der Waals surface area contributed by atoms with Crippen molar-refractivity contribution in [1.29, 1.82) is 0 Å². The lowest BCUT2D eigenvalue weighted by atomic mass is 9.87. The summed E-state index contributed by atoms with van der Waals surface area (Å²) in [7, 11) is 1.65. The molecule has 0 radical (unpaired) electrons. The number of carbonyl (C=O) groups excluding carboxylic acids is 1. The van der Waals surface area contributed by atoms with Gasteiger partial charge in [-0.2, -0.15) is 0 Å². The molecule has 2 aromatic heterocycles. The van der Waals surface area contributed by atoms with E-state index in [1.807, 2.05) is 66.9 Å². The minimum Gasteiger partial charge on any atom is -0.496 e. The first-order chi connectivity index (χ1) is 15.2. The van der Waals surface area contributed by atoms with E-state index in [-0.39, 0.29) is 11.8 Å². The van der Waals surface area contributed by atoms with Crippen LogP contribution in [-0.2, 0) is 11.2 Å². The summed E-state index contributed by atoms with van der Waals surface area (Å²) in [5, 5.41) is 4.70. The number of nitrogens with one attached hydrogen (secondary N) is 2. The topological polar surface area (TPSA) is 67.0 Å². The van der Waals surface area contributed by atoms with Crippen LogP contribution in [0.5, 0.6) is 5.75 Å². The number of pyridine rings is 1. The Kier molecular flexibility index (Phi) is 6.53.